The van der Waals surface area contributed by atoms with Crippen LogP contribution in [-0.4, -0.2) is 40.4 Å². The fourth-order valence-corrected chi connectivity index (χ4v) is 1.72. The van der Waals surface area contributed by atoms with Crippen molar-refractivity contribution in [1.82, 2.24) is 20.2 Å². The van der Waals surface area contributed by atoms with Crippen molar-refractivity contribution in [3.8, 4) is 0 Å². The van der Waals surface area contributed by atoms with E-state index >= 15 is 0 Å². The summed E-state index contributed by atoms with van der Waals surface area (Å²) >= 11 is 0. The zero-order chi connectivity index (χ0) is 11.5. The molecule has 0 radical (unpaired) electrons. The molecule has 0 saturated heterocycles. The van der Waals surface area contributed by atoms with Crippen LogP contribution in [0.1, 0.15) is 11.5 Å². The minimum absolute atomic E-state index is 0.0720. The van der Waals surface area contributed by atoms with E-state index in [0.717, 1.165) is 18.1 Å². The Hall–Kier alpha value is -1.62. The molecule has 0 bridgehead atoms. The maximum atomic E-state index is 11.9. The predicted molar refractivity (Wildman–Crippen MR) is 60.7 cm³/mol. The number of hydrogen-bond donors (Lipinski definition) is 2. The Morgan fingerprint density at radius 3 is 3.06 bits per heavy atom. The van der Waals surface area contributed by atoms with Gasteiger partial charge in [0.05, 0.1) is 6.54 Å². The predicted octanol–water partition coefficient (Wildman–Crippen LogP) is 0.205. The molecule has 0 spiro atoms. The molecule has 1 aromatic rings. The lowest BCUT2D eigenvalue weighted by Gasteiger charge is -2.19. The number of aromatic nitrogens is 2. The van der Waals surface area contributed by atoms with Crippen LogP contribution in [0.4, 0.5) is 0 Å². The van der Waals surface area contributed by atoms with Gasteiger partial charge in [-0.3, -0.25) is 10.1 Å². The van der Waals surface area contributed by atoms with Crippen LogP contribution in [0.5, 0.6) is 0 Å². The Kier molecular flexibility index (Phi) is 3.05. The number of nitrogens with zero attached hydrogens (tertiary/aromatic N) is 2. The van der Waals surface area contributed by atoms with Crippen molar-refractivity contribution in [3.05, 3.63) is 29.9 Å². The molecule has 16 heavy (non-hydrogen) atoms. The number of hydrogen-bond acceptors (Lipinski definition) is 3. The highest BCUT2D eigenvalue weighted by atomic mass is 16.2. The molecule has 2 N–H and O–H groups in total. The lowest BCUT2D eigenvalue weighted by atomic mass is 10.3. The molecule has 5 heteroatoms. The third-order valence-electron chi connectivity index (χ3n) is 2.57. The molecule has 0 fully saturated rings. The van der Waals surface area contributed by atoms with Crippen molar-refractivity contribution < 1.29 is 4.79 Å². The van der Waals surface area contributed by atoms with Crippen LogP contribution in [0.2, 0.25) is 0 Å². The number of aryl methyl sites for hydroxylation is 1. The van der Waals surface area contributed by atoms with Crippen LogP contribution in [-0.2, 0) is 11.3 Å². The second-order valence-corrected chi connectivity index (χ2v) is 4.02. The second-order valence-electron chi connectivity index (χ2n) is 4.02. The average Bonchev–Trinajstić information content (AvgIpc) is 2.88. The van der Waals surface area contributed by atoms with E-state index in [2.05, 4.69) is 15.3 Å². The first-order valence-corrected chi connectivity index (χ1v) is 5.32. The van der Waals surface area contributed by atoms with E-state index in [4.69, 9.17) is 0 Å². The van der Waals surface area contributed by atoms with Gasteiger partial charge in [0.25, 0.3) is 0 Å². The fourth-order valence-electron chi connectivity index (χ4n) is 1.72. The van der Waals surface area contributed by atoms with E-state index in [1.807, 2.05) is 19.1 Å². The molecule has 86 valence electrons. The molecular formula is C11H16N4O. The topological polar surface area (TPSA) is 61.0 Å². The van der Waals surface area contributed by atoms with Gasteiger partial charge in [-0.2, -0.15) is 0 Å². The highest BCUT2D eigenvalue weighted by Crippen LogP contribution is 2.04. The largest absolute Gasteiger partial charge is 0.345 e. The summed E-state index contributed by atoms with van der Waals surface area (Å²) in [6, 6.07) is -0.180. The van der Waals surface area contributed by atoms with Gasteiger partial charge in [0, 0.05) is 25.5 Å². The van der Waals surface area contributed by atoms with Crippen molar-refractivity contribution in [3.63, 3.8) is 0 Å². The average molecular weight is 220 g/mol. The lowest BCUT2D eigenvalue weighted by Crippen LogP contribution is -2.41. The molecule has 1 aromatic heterocycles. The summed E-state index contributed by atoms with van der Waals surface area (Å²) in [7, 11) is 1.79. The summed E-state index contributed by atoms with van der Waals surface area (Å²) in [5.41, 5.74) is 1.01. The zero-order valence-electron chi connectivity index (χ0n) is 9.53. The van der Waals surface area contributed by atoms with Crippen LogP contribution in [0.3, 0.4) is 0 Å². The molecule has 0 saturated carbocycles. The van der Waals surface area contributed by atoms with Gasteiger partial charge in [0.15, 0.2) is 0 Å². The van der Waals surface area contributed by atoms with Gasteiger partial charge in [-0.25, -0.2) is 4.98 Å². The van der Waals surface area contributed by atoms with Gasteiger partial charge in [0.2, 0.25) is 5.91 Å². The molecule has 1 atom stereocenters. The van der Waals surface area contributed by atoms with Crippen molar-refractivity contribution in [2.45, 2.75) is 19.5 Å². The number of rotatable bonds is 3. The zero-order valence-corrected chi connectivity index (χ0v) is 9.53. The fraction of sp³-hybridized carbons (Fsp3) is 0.455. The normalized spacial score (nSPS) is 19.0. The molecule has 1 amide bonds. The van der Waals surface area contributed by atoms with Crippen molar-refractivity contribution in [2.75, 3.05) is 13.6 Å². The highest BCUT2D eigenvalue weighted by Gasteiger charge is 2.21. The van der Waals surface area contributed by atoms with Crippen LogP contribution >= 0.6 is 0 Å². The molecule has 1 aliphatic rings. The first kappa shape index (κ1) is 10.9. The van der Waals surface area contributed by atoms with Gasteiger partial charge in [-0.15, -0.1) is 0 Å². The maximum Gasteiger partial charge on any atom is 0.243 e. The Labute approximate surface area is 94.6 Å². The number of carbonyl (C=O) groups excluding carboxylic acids is 1. The van der Waals surface area contributed by atoms with Crippen molar-refractivity contribution in [2.24, 2.45) is 0 Å². The minimum Gasteiger partial charge on any atom is -0.345 e. The first-order chi connectivity index (χ1) is 7.66. The van der Waals surface area contributed by atoms with Crippen LogP contribution in [0, 0.1) is 6.92 Å². The molecular weight excluding hydrogens is 204 g/mol. The van der Waals surface area contributed by atoms with E-state index in [1.165, 1.54) is 0 Å². The molecule has 0 unspecified atom stereocenters. The van der Waals surface area contributed by atoms with Crippen LogP contribution in [0.15, 0.2) is 18.3 Å². The third kappa shape index (κ3) is 2.30. The summed E-state index contributed by atoms with van der Waals surface area (Å²) in [6.45, 7) is 3.22. The smallest absolute Gasteiger partial charge is 0.243 e. The van der Waals surface area contributed by atoms with E-state index in [1.54, 1.807) is 18.1 Å². The molecule has 2 heterocycles. The number of H-pyrrole nitrogens is 1. The highest BCUT2D eigenvalue weighted by molar-refractivity contribution is 5.84. The first-order valence-electron chi connectivity index (χ1n) is 5.32. The van der Waals surface area contributed by atoms with E-state index in [9.17, 15) is 4.79 Å². The number of aromatic amines is 1. The molecule has 1 aliphatic heterocycles. The SMILES string of the molecule is Cc1cnc(CN(C)C(=O)[C@H]2C=CCN2)[nH]1. The summed E-state index contributed by atoms with van der Waals surface area (Å²) < 4.78 is 0. The lowest BCUT2D eigenvalue weighted by molar-refractivity contribution is -0.131. The van der Waals surface area contributed by atoms with Crippen molar-refractivity contribution >= 4 is 5.91 Å². The second kappa shape index (κ2) is 4.49. The Morgan fingerprint density at radius 1 is 1.69 bits per heavy atom. The molecule has 0 aromatic carbocycles. The van der Waals surface area contributed by atoms with E-state index < -0.39 is 0 Å². The van der Waals surface area contributed by atoms with Gasteiger partial charge in [0.1, 0.15) is 11.9 Å². The quantitative estimate of drug-likeness (QED) is 0.716. The van der Waals surface area contributed by atoms with E-state index in [-0.39, 0.29) is 11.9 Å². The Balaban J connectivity index is 1.94. The Bertz CT molecular complexity index is 410. The standard InChI is InChI=1S/C11H16N4O/c1-8-6-13-10(14-8)7-15(2)11(16)9-4-3-5-12-9/h3-4,6,9,12H,5,7H2,1-2H3,(H,13,14)/t9-/m1/s1. The van der Waals surface area contributed by atoms with Crippen LogP contribution in [0.25, 0.3) is 0 Å². The van der Waals surface area contributed by atoms with Gasteiger partial charge < -0.3 is 9.88 Å². The number of carbonyl (C=O) groups is 1. The summed E-state index contributed by atoms with van der Waals surface area (Å²) in [6.07, 6.45) is 5.63. The molecule has 2 rings (SSSR count). The summed E-state index contributed by atoms with van der Waals surface area (Å²) in [4.78, 5) is 20.9. The molecule has 0 aliphatic carbocycles. The number of nitrogens with one attached hydrogen (secondary N) is 2. The third-order valence-corrected chi connectivity index (χ3v) is 2.57. The minimum atomic E-state index is -0.180. The summed E-state index contributed by atoms with van der Waals surface area (Å²) in [5, 5.41) is 3.10. The van der Waals surface area contributed by atoms with Gasteiger partial charge in [-0.05, 0) is 6.92 Å². The number of amides is 1. The number of imidazole rings is 1. The molecule has 5 nitrogen and oxygen atoms in total. The maximum absolute atomic E-state index is 11.9. The summed E-state index contributed by atoms with van der Waals surface area (Å²) in [5.74, 6) is 0.887. The Morgan fingerprint density at radius 2 is 2.50 bits per heavy atom. The monoisotopic (exact) mass is 220 g/mol. The number of likely N-dealkylation sites (N-methyl/N-ethyl adjacent to an activating group) is 1. The van der Waals surface area contributed by atoms with E-state index in [0.29, 0.717) is 6.54 Å². The van der Waals surface area contributed by atoms with Gasteiger partial charge in [-0.1, -0.05) is 12.2 Å². The van der Waals surface area contributed by atoms with Crippen molar-refractivity contribution in [1.29, 1.82) is 0 Å². The van der Waals surface area contributed by atoms with Gasteiger partial charge >= 0.3 is 0 Å². The van der Waals surface area contributed by atoms with Crippen LogP contribution < -0.4 is 5.32 Å².